The highest BCUT2D eigenvalue weighted by Crippen LogP contribution is 2.33. The molecule has 1 heterocycles. The van der Waals surface area contributed by atoms with Gasteiger partial charge in [-0.15, -0.1) is 0 Å². The van der Waals surface area contributed by atoms with Crippen LogP contribution in [0.15, 0.2) is 30.3 Å². The Balaban J connectivity index is 1.69. The third kappa shape index (κ3) is 5.51. The molecular weight excluding hydrogens is 383 g/mol. The zero-order chi connectivity index (χ0) is 21.5. The Morgan fingerprint density at radius 2 is 2.07 bits per heavy atom. The van der Waals surface area contributed by atoms with Crippen LogP contribution >= 0.6 is 0 Å². The fourth-order valence-corrected chi connectivity index (χ4v) is 4.05. The number of anilines is 2. The van der Waals surface area contributed by atoms with Gasteiger partial charge in [0.1, 0.15) is 5.82 Å². The third-order valence-electron chi connectivity index (χ3n) is 5.67. The van der Waals surface area contributed by atoms with E-state index in [0.29, 0.717) is 17.8 Å². The van der Waals surface area contributed by atoms with Gasteiger partial charge in [0.2, 0.25) is 0 Å². The molecule has 0 aliphatic carbocycles. The van der Waals surface area contributed by atoms with Gasteiger partial charge >= 0.3 is 5.97 Å². The number of hydrogen-bond acceptors (Lipinski definition) is 4. The van der Waals surface area contributed by atoms with Crippen molar-refractivity contribution in [2.24, 2.45) is 0 Å². The van der Waals surface area contributed by atoms with Crippen molar-refractivity contribution < 1.29 is 19.0 Å². The lowest BCUT2D eigenvalue weighted by Gasteiger charge is -2.33. The Labute approximate surface area is 177 Å². The monoisotopic (exact) mass is 414 g/mol. The number of aliphatic carboxylic acids is 1. The molecule has 0 amide bonds. The topological polar surface area (TPSA) is 61.8 Å². The fourth-order valence-electron chi connectivity index (χ4n) is 4.05. The van der Waals surface area contributed by atoms with Crippen molar-refractivity contribution in [3.05, 3.63) is 58.4 Å². The molecule has 0 unspecified atom stereocenters. The van der Waals surface area contributed by atoms with Gasteiger partial charge in [0.05, 0.1) is 6.61 Å². The number of ether oxygens (including phenoxy) is 1. The summed E-state index contributed by atoms with van der Waals surface area (Å²) in [4.78, 5) is 13.1. The number of nitrogens with zero attached hydrogens (tertiary/aromatic N) is 1. The second kappa shape index (κ2) is 10.4. The number of aryl methyl sites for hydroxylation is 2. The number of benzene rings is 2. The van der Waals surface area contributed by atoms with Crippen molar-refractivity contribution in [1.82, 2.24) is 0 Å². The maximum absolute atomic E-state index is 14.3. The van der Waals surface area contributed by atoms with Gasteiger partial charge in [-0.05, 0) is 67.5 Å². The maximum Gasteiger partial charge on any atom is 0.303 e. The summed E-state index contributed by atoms with van der Waals surface area (Å²) >= 11 is 0. The van der Waals surface area contributed by atoms with E-state index in [2.05, 4.69) is 29.3 Å². The molecule has 2 aromatic carbocycles. The van der Waals surface area contributed by atoms with Crippen molar-refractivity contribution >= 4 is 17.3 Å². The van der Waals surface area contributed by atoms with Crippen molar-refractivity contribution in [1.29, 1.82) is 0 Å². The lowest BCUT2D eigenvalue weighted by atomic mass is 9.94. The number of carbonyl (C=O) groups is 1. The third-order valence-corrected chi connectivity index (χ3v) is 5.67. The second-order valence-corrected chi connectivity index (χ2v) is 7.70. The zero-order valence-corrected chi connectivity index (χ0v) is 17.8. The lowest BCUT2D eigenvalue weighted by molar-refractivity contribution is -0.136. The van der Waals surface area contributed by atoms with Gasteiger partial charge in [-0.25, -0.2) is 4.39 Å². The SMILES string of the molecule is CCOCCN1CCCc2ccc(CNc3ccc(CCC(=O)O)c(F)c3)c(C)c21. The van der Waals surface area contributed by atoms with E-state index in [1.165, 1.54) is 28.4 Å². The minimum atomic E-state index is -0.921. The Hall–Kier alpha value is -2.60. The van der Waals surface area contributed by atoms with Crippen molar-refractivity contribution in [3.8, 4) is 0 Å². The quantitative estimate of drug-likeness (QED) is 0.559. The summed E-state index contributed by atoms with van der Waals surface area (Å²) in [6.07, 6.45) is 2.38. The summed E-state index contributed by atoms with van der Waals surface area (Å²) in [5.41, 5.74) is 6.26. The second-order valence-electron chi connectivity index (χ2n) is 7.70. The number of nitrogens with one attached hydrogen (secondary N) is 1. The van der Waals surface area contributed by atoms with Crippen LogP contribution in [0.2, 0.25) is 0 Å². The minimum absolute atomic E-state index is 0.0716. The molecule has 0 bridgehead atoms. The van der Waals surface area contributed by atoms with E-state index in [4.69, 9.17) is 9.84 Å². The van der Waals surface area contributed by atoms with Gasteiger partial charge in [-0.2, -0.15) is 0 Å². The standard InChI is InChI=1S/C24H31FN2O3/c1-3-30-14-13-27-12-4-5-19-6-7-20(17(2)24(19)27)16-26-21-10-8-18(22(25)15-21)9-11-23(28)29/h6-8,10,15,26H,3-5,9,11-14,16H2,1-2H3,(H,28,29). The number of carboxylic acids is 1. The van der Waals surface area contributed by atoms with Gasteiger partial charge < -0.3 is 20.1 Å². The molecule has 1 aliphatic rings. The lowest BCUT2D eigenvalue weighted by Crippen LogP contribution is -2.33. The highest BCUT2D eigenvalue weighted by atomic mass is 19.1. The number of rotatable bonds is 10. The van der Waals surface area contributed by atoms with Crippen LogP contribution in [0.5, 0.6) is 0 Å². The summed E-state index contributed by atoms with van der Waals surface area (Å²) in [6, 6.07) is 9.28. The number of hydrogen-bond donors (Lipinski definition) is 2. The summed E-state index contributed by atoms with van der Waals surface area (Å²) in [5, 5.41) is 12.1. The van der Waals surface area contributed by atoms with Crippen LogP contribution in [0.3, 0.4) is 0 Å². The molecule has 30 heavy (non-hydrogen) atoms. The zero-order valence-electron chi connectivity index (χ0n) is 17.8. The van der Waals surface area contributed by atoms with Crippen LogP contribution in [0.1, 0.15) is 42.0 Å². The molecule has 0 fully saturated rings. The Bertz CT molecular complexity index is 885. The Morgan fingerprint density at radius 3 is 2.80 bits per heavy atom. The van der Waals surface area contributed by atoms with E-state index < -0.39 is 5.97 Å². The molecule has 0 saturated carbocycles. The van der Waals surface area contributed by atoms with Gasteiger partial charge in [0, 0.05) is 44.0 Å². The Kier molecular flexibility index (Phi) is 7.69. The number of fused-ring (bicyclic) bond motifs is 1. The summed E-state index contributed by atoms with van der Waals surface area (Å²) in [5.74, 6) is -1.29. The van der Waals surface area contributed by atoms with E-state index >= 15 is 0 Å². The minimum Gasteiger partial charge on any atom is -0.481 e. The molecule has 2 aromatic rings. The first-order valence-corrected chi connectivity index (χ1v) is 10.7. The molecule has 0 saturated heterocycles. The van der Waals surface area contributed by atoms with E-state index in [0.717, 1.165) is 39.1 Å². The maximum atomic E-state index is 14.3. The average Bonchev–Trinajstić information content (AvgIpc) is 2.72. The van der Waals surface area contributed by atoms with Crippen LogP contribution in [0.4, 0.5) is 15.8 Å². The van der Waals surface area contributed by atoms with E-state index in [1.54, 1.807) is 6.07 Å². The molecule has 0 spiro atoms. The highest BCUT2D eigenvalue weighted by molar-refractivity contribution is 5.67. The van der Waals surface area contributed by atoms with Crippen molar-refractivity contribution in [3.63, 3.8) is 0 Å². The average molecular weight is 415 g/mol. The smallest absolute Gasteiger partial charge is 0.303 e. The summed E-state index contributed by atoms with van der Waals surface area (Å²) in [6.45, 7) is 8.17. The van der Waals surface area contributed by atoms with E-state index in [1.807, 2.05) is 13.0 Å². The first kappa shape index (κ1) is 22.1. The van der Waals surface area contributed by atoms with Gasteiger partial charge in [-0.3, -0.25) is 4.79 Å². The van der Waals surface area contributed by atoms with Gasteiger partial charge in [-0.1, -0.05) is 18.2 Å². The van der Waals surface area contributed by atoms with Gasteiger partial charge in [0.15, 0.2) is 0 Å². The van der Waals surface area contributed by atoms with Crippen LogP contribution < -0.4 is 10.2 Å². The number of halogens is 1. The molecule has 6 heteroatoms. The van der Waals surface area contributed by atoms with Crippen LogP contribution in [0, 0.1) is 12.7 Å². The van der Waals surface area contributed by atoms with Crippen molar-refractivity contribution in [2.45, 2.75) is 46.1 Å². The Morgan fingerprint density at radius 1 is 1.27 bits per heavy atom. The molecule has 162 valence electrons. The predicted octanol–water partition coefficient (Wildman–Crippen LogP) is 4.55. The molecule has 5 nitrogen and oxygen atoms in total. The summed E-state index contributed by atoms with van der Waals surface area (Å²) in [7, 11) is 0. The summed E-state index contributed by atoms with van der Waals surface area (Å²) < 4.78 is 19.8. The fraction of sp³-hybridized carbons (Fsp3) is 0.458. The first-order valence-electron chi connectivity index (χ1n) is 10.7. The molecular formula is C24H31FN2O3. The molecule has 0 radical (unpaired) electrons. The van der Waals surface area contributed by atoms with Crippen molar-refractivity contribution in [2.75, 3.05) is 36.5 Å². The molecule has 3 rings (SSSR count). The van der Waals surface area contributed by atoms with Crippen LogP contribution in [-0.4, -0.2) is 37.4 Å². The molecule has 1 aliphatic heterocycles. The normalized spacial score (nSPS) is 13.2. The van der Waals surface area contributed by atoms with E-state index in [-0.39, 0.29) is 18.7 Å². The predicted molar refractivity (Wildman–Crippen MR) is 118 cm³/mol. The van der Waals surface area contributed by atoms with Gasteiger partial charge in [0.25, 0.3) is 0 Å². The van der Waals surface area contributed by atoms with Crippen LogP contribution in [-0.2, 0) is 28.9 Å². The largest absolute Gasteiger partial charge is 0.481 e. The van der Waals surface area contributed by atoms with E-state index in [9.17, 15) is 9.18 Å². The molecule has 0 atom stereocenters. The molecule has 2 N–H and O–H groups in total. The molecule has 0 aromatic heterocycles. The van der Waals surface area contributed by atoms with Crippen LogP contribution in [0.25, 0.3) is 0 Å². The highest BCUT2D eigenvalue weighted by Gasteiger charge is 2.20. The number of carboxylic acid groups (broad SMARTS) is 1. The first-order chi connectivity index (χ1) is 14.5.